The van der Waals surface area contributed by atoms with Crippen LogP contribution in [0.15, 0.2) is 84.9 Å². The third kappa shape index (κ3) is 13.6. The summed E-state index contributed by atoms with van der Waals surface area (Å²) < 4.78 is 20.0. The number of ether oxygens (including phenoxy) is 1. The molecular formula is C38H54NO3P. The first-order chi connectivity index (χ1) is 21.1. The standard InChI is InChI=1S/C38H54NO3P/c1-2-3-4-5-6-7-8-9-10-11-12-13-14-15-16-23-32-42-35-30-28-34(29-31-35)39-38(40)33-43(41,36-24-19-17-20-25-36)37-26-21-18-22-27-37/h17-22,24-31H,2-16,23,32-33H2,1H3,(H,39,40). The zero-order chi connectivity index (χ0) is 30.4. The fourth-order valence-corrected chi connectivity index (χ4v) is 8.00. The minimum Gasteiger partial charge on any atom is -0.494 e. The monoisotopic (exact) mass is 603 g/mol. The van der Waals surface area contributed by atoms with Crippen LogP contribution in [0.5, 0.6) is 5.75 Å². The van der Waals surface area contributed by atoms with Gasteiger partial charge < -0.3 is 14.6 Å². The molecule has 0 aromatic heterocycles. The van der Waals surface area contributed by atoms with Crippen molar-refractivity contribution in [3.8, 4) is 5.75 Å². The van der Waals surface area contributed by atoms with Crippen molar-refractivity contribution in [2.24, 2.45) is 0 Å². The van der Waals surface area contributed by atoms with Crippen LogP contribution in [0, 0.1) is 0 Å². The van der Waals surface area contributed by atoms with Crippen LogP contribution in [-0.2, 0) is 9.36 Å². The average molecular weight is 604 g/mol. The van der Waals surface area contributed by atoms with Gasteiger partial charge in [-0.15, -0.1) is 0 Å². The van der Waals surface area contributed by atoms with Gasteiger partial charge in [0.05, 0.1) is 12.8 Å². The molecule has 0 saturated carbocycles. The summed E-state index contributed by atoms with van der Waals surface area (Å²) in [6, 6.07) is 26.1. The third-order valence-corrected chi connectivity index (χ3v) is 11.1. The van der Waals surface area contributed by atoms with E-state index in [-0.39, 0.29) is 12.1 Å². The van der Waals surface area contributed by atoms with Gasteiger partial charge in [-0.05, 0) is 30.7 Å². The van der Waals surface area contributed by atoms with Gasteiger partial charge >= 0.3 is 0 Å². The van der Waals surface area contributed by atoms with Gasteiger partial charge in [-0.1, -0.05) is 164 Å². The molecule has 3 rings (SSSR count). The van der Waals surface area contributed by atoms with Gasteiger partial charge in [0.1, 0.15) is 5.75 Å². The molecule has 1 amide bonds. The fourth-order valence-electron chi connectivity index (χ4n) is 5.55. The number of unbranched alkanes of at least 4 members (excludes halogenated alkanes) is 15. The summed E-state index contributed by atoms with van der Waals surface area (Å²) in [4.78, 5) is 13.0. The highest BCUT2D eigenvalue weighted by atomic mass is 31.2. The molecule has 3 aromatic carbocycles. The molecule has 43 heavy (non-hydrogen) atoms. The molecule has 5 heteroatoms. The van der Waals surface area contributed by atoms with Crippen molar-refractivity contribution in [2.45, 2.75) is 110 Å². The molecular weight excluding hydrogens is 549 g/mol. The molecule has 4 nitrogen and oxygen atoms in total. The largest absolute Gasteiger partial charge is 0.494 e. The van der Waals surface area contributed by atoms with Crippen molar-refractivity contribution >= 4 is 29.3 Å². The number of rotatable bonds is 23. The summed E-state index contributed by atoms with van der Waals surface area (Å²) >= 11 is 0. The first kappa shape index (κ1) is 34.6. The maximum Gasteiger partial charge on any atom is 0.232 e. The smallest absolute Gasteiger partial charge is 0.232 e. The number of carbonyl (C=O) groups excluding carboxylic acids is 1. The van der Waals surface area contributed by atoms with E-state index >= 15 is 0 Å². The Hall–Kier alpha value is -2.84. The number of amides is 1. The first-order valence-corrected chi connectivity index (χ1v) is 18.7. The lowest BCUT2D eigenvalue weighted by atomic mass is 10.0. The Kier molecular flexibility index (Phi) is 16.9. The van der Waals surface area contributed by atoms with Gasteiger partial charge in [-0.3, -0.25) is 4.79 Å². The van der Waals surface area contributed by atoms with E-state index < -0.39 is 7.14 Å². The van der Waals surface area contributed by atoms with E-state index in [0.717, 1.165) is 12.2 Å². The van der Waals surface area contributed by atoms with Crippen molar-refractivity contribution in [3.63, 3.8) is 0 Å². The van der Waals surface area contributed by atoms with E-state index in [9.17, 15) is 9.36 Å². The summed E-state index contributed by atoms with van der Waals surface area (Å²) in [6.07, 6.45) is 21.6. The second-order valence-electron chi connectivity index (χ2n) is 11.8. The lowest BCUT2D eigenvalue weighted by Gasteiger charge is -2.19. The quantitative estimate of drug-likeness (QED) is 0.0867. The van der Waals surface area contributed by atoms with Crippen LogP contribution in [0.4, 0.5) is 5.69 Å². The highest BCUT2D eigenvalue weighted by Gasteiger charge is 2.30. The molecule has 0 aliphatic carbocycles. The SMILES string of the molecule is CCCCCCCCCCCCCCCCCCOc1ccc(NC(=O)CP(=O)(c2ccccc2)c2ccccc2)cc1. The van der Waals surface area contributed by atoms with Crippen LogP contribution in [0.2, 0.25) is 0 Å². The van der Waals surface area contributed by atoms with E-state index in [1.165, 1.54) is 96.3 Å². The predicted molar refractivity (Wildman–Crippen MR) is 185 cm³/mol. The predicted octanol–water partition coefficient (Wildman–Crippen LogP) is 10.3. The molecule has 0 bridgehead atoms. The average Bonchev–Trinajstić information content (AvgIpc) is 3.04. The molecule has 0 aliphatic rings. The minimum atomic E-state index is -3.11. The van der Waals surface area contributed by atoms with E-state index in [2.05, 4.69) is 12.2 Å². The molecule has 0 fully saturated rings. The molecule has 0 saturated heterocycles. The van der Waals surface area contributed by atoms with E-state index in [4.69, 9.17) is 4.74 Å². The molecule has 1 N–H and O–H groups in total. The number of benzene rings is 3. The molecule has 0 atom stereocenters. The minimum absolute atomic E-state index is 0.0848. The highest BCUT2D eigenvalue weighted by Crippen LogP contribution is 2.43. The fraction of sp³-hybridized carbons (Fsp3) is 0.500. The molecule has 0 spiro atoms. The van der Waals surface area contributed by atoms with E-state index in [0.29, 0.717) is 22.9 Å². The molecule has 0 unspecified atom stereocenters. The maximum atomic E-state index is 14.1. The molecule has 3 aromatic rings. The van der Waals surface area contributed by atoms with E-state index in [1.54, 1.807) is 0 Å². The van der Waals surface area contributed by atoms with Crippen molar-refractivity contribution in [1.82, 2.24) is 0 Å². The van der Waals surface area contributed by atoms with Crippen molar-refractivity contribution in [2.75, 3.05) is 18.1 Å². The molecule has 234 valence electrons. The Balaban J connectivity index is 1.25. The van der Waals surface area contributed by atoms with Crippen LogP contribution < -0.4 is 20.7 Å². The second kappa shape index (κ2) is 21.0. The topological polar surface area (TPSA) is 55.4 Å². The van der Waals surface area contributed by atoms with Crippen LogP contribution >= 0.6 is 7.14 Å². The second-order valence-corrected chi connectivity index (χ2v) is 14.6. The van der Waals surface area contributed by atoms with Crippen LogP contribution in [0.3, 0.4) is 0 Å². The Morgan fingerprint density at radius 1 is 0.581 bits per heavy atom. The van der Waals surface area contributed by atoms with Crippen LogP contribution in [-0.4, -0.2) is 18.7 Å². The van der Waals surface area contributed by atoms with Crippen molar-refractivity contribution < 1.29 is 14.1 Å². The molecule has 0 aliphatic heterocycles. The van der Waals surface area contributed by atoms with Crippen molar-refractivity contribution in [1.29, 1.82) is 0 Å². The Labute approximate surface area is 261 Å². The number of anilines is 1. The number of hydrogen-bond donors (Lipinski definition) is 1. The first-order valence-electron chi connectivity index (χ1n) is 16.8. The Morgan fingerprint density at radius 3 is 1.44 bits per heavy atom. The van der Waals surface area contributed by atoms with Crippen LogP contribution in [0.25, 0.3) is 0 Å². The highest BCUT2D eigenvalue weighted by molar-refractivity contribution is 7.79. The van der Waals surface area contributed by atoms with Gasteiger partial charge in [0.15, 0.2) is 7.14 Å². The zero-order valence-corrected chi connectivity index (χ0v) is 27.4. The number of carbonyl (C=O) groups is 1. The summed E-state index contributed by atoms with van der Waals surface area (Å²) in [7, 11) is -3.11. The van der Waals surface area contributed by atoms with E-state index in [1.807, 2.05) is 84.9 Å². The third-order valence-electron chi connectivity index (χ3n) is 8.12. The number of nitrogens with one attached hydrogen (secondary N) is 1. The zero-order valence-electron chi connectivity index (χ0n) is 26.5. The molecule has 0 heterocycles. The summed E-state index contributed by atoms with van der Waals surface area (Å²) in [5, 5.41) is 4.30. The molecule has 0 radical (unpaired) electrons. The van der Waals surface area contributed by atoms with Gasteiger partial charge in [0, 0.05) is 16.3 Å². The lowest BCUT2D eigenvalue weighted by Crippen LogP contribution is -2.26. The van der Waals surface area contributed by atoms with Gasteiger partial charge in [-0.2, -0.15) is 0 Å². The van der Waals surface area contributed by atoms with Gasteiger partial charge in [0.2, 0.25) is 5.91 Å². The van der Waals surface area contributed by atoms with Gasteiger partial charge in [0.25, 0.3) is 0 Å². The Bertz CT molecular complexity index is 1140. The Morgan fingerprint density at radius 2 is 1.00 bits per heavy atom. The normalized spacial score (nSPS) is 11.4. The van der Waals surface area contributed by atoms with Crippen LogP contribution in [0.1, 0.15) is 110 Å². The lowest BCUT2D eigenvalue weighted by molar-refractivity contribution is -0.113. The van der Waals surface area contributed by atoms with Gasteiger partial charge in [-0.25, -0.2) is 0 Å². The summed E-state index contributed by atoms with van der Waals surface area (Å²) in [5.41, 5.74) is 0.674. The summed E-state index contributed by atoms with van der Waals surface area (Å²) in [5.74, 6) is 0.538. The summed E-state index contributed by atoms with van der Waals surface area (Å²) in [6.45, 7) is 2.99. The van der Waals surface area contributed by atoms with Crippen molar-refractivity contribution in [3.05, 3.63) is 84.9 Å². The number of hydrogen-bond acceptors (Lipinski definition) is 3. The maximum absolute atomic E-state index is 14.1.